The second-order valence-electron chi connectivity index (χ2n) is 7.38. The minimum absolute atomic E-state index is 0.0491. The molecule has 4 rings (SSSR count). The number of nitrogens with zero attached hydrogens (tertiary/aromatic N) is 3. The van der Waals surface area contributed by atoms with Crippen LogP contribution in [0.4, 0.5) is 5.82 Å². The number of hydrogen-bond donors (Lipinski definition) is 3. The zero-order chi connectivity index (χ0) is 17.4. The van der Waals surface area contributed by atoms with Crippen LogP contribution >= 0.6 is 0 Å². The molecule has 25 heavy (non-hydrogen) atoms. The molecule has 6 heteroatoms. The molecule has 2 aliphatic heterocycles. The topological polar surface area (TPSA) is 79.2 Å². The van der Waals surface area contributed by atoms with E-state index in [9.17, 15) is 5.26 Å². The summed E-state index contributed by atoms with van der Waals surface area (Å²) in [5.74, 6) is 1.64. The third-order valence-electron chi connectivity index (χ3n) is 5.64. The maximum absolute atomic E-state index is 9.31. The Kier molecular flexibility index (Phi) is 4.26. The summed E-state index contributed by atoms with van der Waals surface area (Å²) in [5.41, 5.74) is 6.95. The van der Waals surface area contributed by atoms with Gasteiger partial charge in [0.05, 0.1) is 30.3 Å². The summed E-state index contributed by atoms with van der Waals surface area (Å²) in [7, 11) is 0. The van der Waals surface area contributed by atoms with Crippen molar-refractivity contribution in [2.24, 2.45) is 10.9 Å². The van der Waals surface area contributed by atoms with Gasteiger partial charge in [0.25, 0.3) is 0 Å². The van der Waals surface area contributed by atoms with Crippen molar-refractivity contribution in [3.05, 3.63) is 29.6 Å². The number of hydrogen-bond acceptors (Lipinski definition) is 5. The Morgan fingerprint density at radius 3 is 2.92 bits per heavy atom. The van der Waals surface area contributed by atoms with Crippen molar-refractivity contribution in [2.75, 3.05) is 5.32 Å². The van der Waals surface area contributed by atoms with Gasteiger partial charge in [0.2, 0.25) is 0 Å². The lowest BCUT2D eigenvalue weighted by Gasteiger charge is -2.31. The molecule has 132 valence electrons. The molecule has 1 fully saturated rings. The second-order valence-corrected chi connectivity index (χ2v) is 7.38. The van der Waals surface area contributed by atoms with Gasteiger partial charge >= 0.3 is 0 Å². The number of nitriles is 1. The highest BCUT2D eigenvalue weighted by Gasteiger charge is 2.35. The third-order valence-corrected chi connectivity index (χ3v) is 5.64. The van der Waals surface area contributed by atoms with Gasteiger partial charge in [-0.25, -0.2) is 5.43 Å². The van der Waals surface area contributed by atoms with Crippen molar-refractivity contribution >= 4 is 11.5 Å². The number of nitrogens with one attached hydrogen (secondary N) is 3. The Labute approximate surface area is 149 Å². The highest BCUT2D eigenvalue weighted by Crippen LogP contribution is 2.34. The quantitative estimate of drug-likeness (QED) is 0.788. The molecule has 6 nitrogen and oxygen atoms in total. The fraction of sp³-hybridized carbons (Fsp3) is 0.579. The van der Waals surface area contributed by atoms with Gasteiger partial charge in [-0.1, -0.05) is 12.8 Å². The standard InChI is InChI=1S/C19H26N6/c1-12-16(18-15-8-10-21-19(15)23-13(2)22-18)11-25(24-12)17(7-9-20)14-5-3-4-6-14/h8,10-14,17,21,23-24H,3-7H2,1-2H3. The SMILES string of the molecule is CC1N=C(C2=CN(C(CC#N)C3CCCC3)NC2C)c2cc[nH]c2N1. The molecule has 3 aliphatic rings. The lowest BCUT2D eigenvalue weighted by Crippen LogP contribution is -2.45. The van der Waals surface area contributed by atoms with Crippen molar-refractivity contribution in [3.8, 4) is 6.07 Å². The molecule has 1 aromatic heterocycles. The Bertz CT molecular complexity index is 733. The molecule has 1 saturated carbocycles. The molecule has 0 spiro atoms. The van der Waals surface area contributed by atoms with Crippen molar-refractivity contribution in [2.45, 2.75) is 64.2 Å². The molecule has 3 atom stereocenters. The van der Waals surface area contributed by atoms with Crippen molar-refractivity contribution in [1.29, 1.82) is 5.26 Å². The number of fused-ring (bicyclic) bond motifs is 1. The number of rotatable bonds is 4. The van der Waals surface area contributed by atoms with Crippen LogP contribution in [0.2, 0.25) is 0 Å². The predicted molar refractivity (Wildman–Crippen MR) is 98.9 cm³/mol. The molecule has 1 aromatic rings. The van der Waals surface area contributed by atoms with Gasteiger partial charge in [-0.15, -0.1) is 0 Å². The maximum atomic E-state index is 9.31. The zero-order valence-corrected chi connectivity index (χ0v) is 14.9. The van der Waals surface area contributed by atoms with Crippen molar-refractivity contribution < 1.29 is 0 Å². The monoisotopic (exact) mass is 338 g/mol. The van der Waals surface area contributed by atoms with Gasteiger partial charge in [0.15, 0.2) is 0 Å². The van der Waals surface area contributed by atoms with Crippen molar-refractivity contribution in [1.82, 2.24) is 15.4 Å². The van der Waals surface area contributed by atoms with Crippen LogP contribution in [0.25, 0.3) is 0 Å². The van der Waals surface area contributed by atoms with Crippen LogP contribution in [0, 0.1) is 17.2 Å². The summed E-state index contributed by atoms with van der Waals surface area (Å²) in [5, 5.41) is 14.9. The van der Waals surface area contributed by atoms with Gasteiger partial charge in [-0.3, -0.25) is 4.99 Å². The molecule has 3 N–H and O–H groups in total. The Balaban J connectivity index is 1.64. The first kappa shape index (κ1) is 16.2. The summed E-state index contributed by atoms with van der Waals surface area (Å²) >= 11 is 0. The molecule has 0 amide bonds. The van der Waals surface area contributed by atoms with E-state index in [1.807, 2.05) is 6.20 Å². The summed E-state index contributed by atoms with van der Waals surface area (Å²) < 4.78 is 0. The molecule has 0 saturated heterocycles. The Hall–Kier alpha value is -2.26. The minimum atomic E-state index is 0.0491. The lowest BCUT2D eigenvalue weighted by atomic mass is 9.95. The molecule has 0 bridgehead atoms. The largest absolute Gasteiger partial charge is 0.350 e. The van der Waals surface area contributed by atoms with Gasteiger partial charge < -0.3 is 15.3 Å². The first-order valence-corrected chi connectivity index (χ1v) is 9.33. The molecule has 0 aromatic carbocycles. The molecule has 1 aliphatic carbocycles. The summed E-state index contributed by atoms with van der Waals surface area (Å²) in [6.45, 7) is 4.23. The van der Waals surface area contributed by atoms with Crippen LogP contribution in [0.5, 0.6) is 0 Å². The van der Waals surface area contributed by atoms with Gasteiger partial charge in [-0.05, 0) is 38.7 Å². The van der Waals surface area contributed by atoms with Crippen LogP contribution in [0.1, 0.15) is 51.5 Å². The van der Waals surface area contributed by atoms with Crippen LogP contribution in [0.15, 0.2) is 29.0 Å². The fourth-order valence-corrected chi connectivity index (χ4v) is 4.40. The number of hydrazine groups is 1. The number of aromatic nitrogens is 1. The second kappa shape index (κ2) is 6.57. The van der Waals surface area contributed by atoms with Crippen molar-refractivity contribution in [3.63, 3.8) is 0 Å². The average Bonchev–Trinajstić information content (AvgIpc) is 3.32. The number of aromatic amines is 1. The van der Waals surface area contributed by atoms with E-state index in [1.165, 1.54) is 31.3 Å². The van der Waals surface area contributed by atoms with E-state index >= 15 is 0 Å². The molecule has 3 heterocycles. The summed E-state index contributed by atoms with van der Waals surface area (Å²) in [6.07, 6.45) is 9.79. The fourth-order valence-electron chi connectivity index (χ4n) is 4.40. The summed E-state index contributed by atoms with van der Waals surface area (Å²) in [6, 6.07) is 4.91. The van der Waals surface area contributed by atoms with Gasteiger partial charge in [-0.2, -0.15) is 5.26 Å². The van der Waals surface area contributed by atoms with E-state index in [0.717, 1.165) is 17.1 Å². The van der Waals surface area contributed by atoms with Gasteiger partial charge in [0, 0.05) is 23.5 Å². The Morgan fingerprint density at radius 2 is 2.16 bits per heavy atom. The molecule has 3 unspecified atom stereocenters. The van der Waals surface area contributed by atoms with Crippen LogP contribution in [0.3, 0.4) is 0 Å². The van der Waals surface area contributed by atoms with Crippen LogP contribution in [-0.2, 0) is 0 Å². The molecular formula is C19H26N6. The Morgan fingerprint density at radius 1 is 1.36 bits per heavy atom. The maximum Gasteiger partial charge on any atom is 0.117 e. The minimum Gasteiger partial charge on any atom is -0.350 e. The number of aliphatic imine (C=N–C) groups is 1. The van der Waals surface area contributed by atoms with E-state index in [2.05, 4.69) is 52.9 Å². The average molecular weight is 338 g/mol. The van der Waals surface area contributed by atoms with E-state index < -0.39 is 0 Å². The number of H-pyrrole nitrogens is 1. The van der Waals surface area contributed by atoms with Gasteiger partial charge in [0.1, 0.15) is 12.0 Å². The number of anilines is 1. The molecule has 0 radical (unpaired) electrons. The van der Waals surface area contributed by atoms with Crippen LogP contribution in [-0.4, -0.2) is 34.0 Å². The van der Waals surface area contributed by atoms with E-state index in [1.54, 1.807) is 0 Å². The summed E-state index contributed by atoms with van der Waals surface area (Å²) in [4.78, 5) is 8.11. The first-order valence-electron chi connectivity index (χ1n) is 9.33. The van der Waals surface area contributed by atoms with E-state index in [-0.39, 0.29) is 18.2 Å². The lowest BCUT2D eigenvalue weighted by molar-refractivity contribution is 0.150. The predicted octanol–water partition coefficient (Wildman–Crippen LogP) is 3.14. The zero-order valence-electron chi connectivity index (χ0n) is 14.9. The van der Waals surface area contributed by atoms with E-state index in [0.29, 0.717) is 12.3 Å². The van der Waals surface area contributed by atoms with E-state index in [4.69, 9.17) is 4.99 Å². The van der Waals surface area contributed by atoms with Crippen LogP contribution < -0.4 is 10.7 Å². The highest BCUT2D eigenvalue weighted by molar-refractivity contribution is 6.17. The normalized spacial score (nSPS) is 27.3. The first-order chi connectivity index (χ1) is 12.2. The molecular weight excluding hydrogens is 312 g/mol. The highest BCUT2D eigenvalue weighted by atomic mass is 15.5. The third kappa shape index (κ3) is 2.93. The smallest absolute Gasteiger partial charge is 0.117 e.